The molecule has 0 radical (unpaired) electrons. The monoisotopic (exact) mass is 700 g/mol. The molecule has 2 fully saturated rings. The van der Waals surface area contributed by atoms with Crippen molar-refractivity contribution in [2.75, 3.05) is 12.3 Å². The Morgan fingerprint density at radius 2 is 0.700 bits per heavy atom. The van der Waals surface area contributed by atoms with Gasteiger partial charge in [0.1, 0.15) is 0 Å². The van der Waals surface area contributed by atoms with Crippen LogP contribution in [0.4, 0.5) is 17.3 Å². The summed E-state index contributed by atoms with van der Waals surface area (Å²) >= 11 is 0. The quantitative estimate of drug-likeness (QED) is 0.0816. The van der Waals surface area contributed by atoms with Crippen molar-refractivity contribution in [2.45, 2.75) is 129 Å². The second-order valence-electron chi connectivity index (χ2n) is 12.8. The van der Waals surface area contributed by atoms with Gasteiger partial charge in [-0.05, 0) is 75.0 Å². The molecular formula is C32H64BF4P2Rh+2. The molecule has 240 valence electrons. The molecule has 4 atom stereocenters. The average molecular weight is 701 g/mol. The fourth-order valence-electron chi connectivity index (χ4n) is 6.94. The Morgan fingerprint density at radius 1 is 0.525 bits per heavy atom. The fraction of sp³-hybridized carbons (Fsp3) is 0.812. The third-order valence-electron chi connectivity index (χ3n) is 8.74. The van der Waals surface area contributed by atoms with Gasteiger partial charge in [-0.15, -0.1) is 0 Å². The fourth-order valence-corrected chi connectivity index (χ4v) is 17.4. The number of hydrogen-bond acceptors (Lipinski definition) is 0. The van der Waals surface area contributed by atoms with Gasteiger partial charge in [0.25, 0.3) is 0 Å². The maximum Gasteiger partial charge on any atom is 3.00 e. The maximum atomic E-state index is 9.75. The number of halogens is 4. The smallest absolute Gasteiger partial charge is 0.418 e. The second kappa shape index (κ2) is 23.2. The SMILES string of the molecule is C1=CCC/C=C\CC1.CC(C)C1CCC(C(C)C)[PH+]1CC[PH+]1C(C(C)C)CCC1C(C)C.F[B-](F)(F)F.[CH3-].[CH3-].[Rh+3]. The van der Waals surface area contributed by atoms with Gasteiger partial charge in [-0.2, -0.15) is 0 Å². The van der Waals surface area contributed by atoms with Crippen molar-refractivity contribution in [2.24, 2.45) is 23.7 Å². The van der Waals surface area contributed by atoms with Crippen molar-refractivity contribution in [3.63, 3.8) is 0 Å². The topological polar surface area (TPSA) is 0 Å². The zero-order valence-electron chi connectivity index (χ0n) is 27.4. The standard InChI is InChI=1S/C22H44P2.C8H12.2CH3.BF4.Rh/c1-15(2)19-9-10-20(16(3)4)23(19)13-14-24-21(17(5)6)11-12-22(24)18(7)8;1-2-4-6-8-7-5-3-1;;;2-1(3,4)5;/h15-22H,9-14H2,1-8H3;1-2,7-8H,3-6H2;2*1H3;;/q;;3*-1;+3/p+2/b;2-1-,8-7?;;;;. The summed E-state index contributed by atoms with van der Waals surface area (Å²) in [6.07, 6.45) is 23.5. The summed E-state index contributed by atoms with van der Waals surface area (Å²) in [5, 5.41) is 0. The van der Waals surface area contributed by atoms with E-state index in [0.717, 1.165) is 46.3 Å². The van der Waals surface area contributed by atoms with Gasteiger partial charge in [-0.3, -0.25) is 0 Å². The molecule has 0 aromatic rings. The van der Waals surface area contributed by atoms with Gasteiger partial charge in [0, 0.05) is 15.8 Å². The van der Waals surface area contributed by atoms with Crippen molar-refractivity contribution < 1.29 is 36.7 Å². The van der Waals surface area contributed by atoms with Crippen molar-refractivity contribution in [1.82, 2.24) is 0 Å². The molecule has 1 aliphatic carbocycles. The predicted molar refractivity (Wildman–Crippen MR) is 179 cm³/mol. The van der Waals surface area contributed by atoms with Crippen LogP contribution in [0.1, 0.15) is 107 Å². The number of rotatable bonds is 7. The van der Waals surface area contributed by atoms with Crippen LogP contribution in [0.25, 0.3) is 0 Å². The molecular weight excluding hydrogens is 636 g/mol. The Balaban J connectivity index is -0.000000713. The van der Waals surface area contributed by atoms with Crippen LogP contribution in [0.15, 0.2) is 24.3 Å². The van der Waals surface area contributed by atoms with Gasteiger partial charge in [0.2, 0.25) is 0 Å². The summed E-state index contributed by atoms with van der Waals surface area (Å²) in [5.74, 6) is 3.74. The van der Waals surface area contributed by atoms with Crippen LogP contribution in [0.5, 0.6) is 0 Å². The van der Waals surface area contributed by atoms with Crippen LogP contribution in [0.3, 0.4) is 0 Å². The van der Waals surface area contributed by atoms with E-state index >= 15 is 0 Å². The molecule has 40 heavy (non-hydrogen) atoms. The number of hydrogen-bond donors (Lipinski definition) is 0. The van der Waals surface area contributed by atoms with Crippen molar-refractivity contribution in [3.05, 3.63) is 39.2 Å². The Labute approximate surface area is 263 Å². The number of allylic oxidation sites excluding steroid dienone is 4. The van der Waals surface area contributed by atoms with E-state index < -0.39 is 7.25 Å². The Hall–Kier alpha value is 0.748. The Bertz CT molecular complexity index is 568. The molecule has 8 heteroatoms. The van der Waals surface area contributed by atoms with E-state index in [1.165, 1.54) is 25.7 Å². The van der Waals surface area contributed by atoms with Crippen molar-refractivity contribution >= 4 is 23.1 Å². The van der Waals surface area contributed by atoms with E-state index in [1.54, 1.807) is 38.0 Å². The third kappa shape index (κ3) is 17.8. The average Bonchev–Trinajstić information content (AvgIpc) is 3.35. The van der Waals surface area contributed by atoms with Gasteiger partial charge < -0.3 is 32.1 Å². The van der Waals surface area contributed by atoms with Gasteiger partial charge in [0.05, 0.1) is 35.0 Å². The molecule has 3 rings (SSSR count). The molecule has 0 aromatic heterocycles. The van der Waals surface area contributed by atoms with Crippen molar-refractivity contribution in [1.29, 1.82) is 0 Å². The zero-order chi connectivity index (χ0) is 28.2. The van der Waals surface area contributed by atoms with Crippen LogP contribution in [0.2, 0.25) is 0 Å². The minimum Gasteiger partial charge on any atom is -0.418 e. The molecule has 0 bridgehead atoms. The first kappa shape index (κ1) is 45.2. The molecule has 4 unspecified atom stereocenters. The largest absolute Gasteiger partial charge is 3.00 e. The molecule has 0 spiro atoms. The van der Waals surface area contributed by atoms with Crippen LogP contribution >= 0.6 is 15.8 Å². The summed E-state index contributed by atoms with van der Waals surface area (Å²) in [6.45, 7) is 20.1. The molecule has 3 aliphatic rings. The Morgan fingerprint density at radius 3 is 0.850 bits per heavy atom. The molecule has 0 aromatic carbocycles. The molecule has 0 nitrogen and oxygen atoms in total. The predicted octanol–water partition coefficient (Wildman–Crippen LogP) is 12.0. The first-order valence-electron chi connectivity index (χ1n) is 15.1. The summed E-state index contributed by atoms with van der Waals surface area (Å²) in [7, 11) is -6.29. The van der Waals surface area contributed by atoms with E-state index in [1.807, 2.05) is 0 Å². The van der Waals surface area contributed by atoms with Crippen LogP contribution in [-0.2, 0) is 19.5 Å². The Kier molecular flexibility index (Phi) is 26.2. The summed E-state index contributed by atoms with van der Waals surface area (Å²) < 4.78 is 39.0. The molecule has 0 amide bonds. The summed E-state index contributed by atoms with van der Waals surface area (Å²) in [4.78, 5) is 0. The van der Waals surface area contributed by atoms with E-state index in [9.17, 15) is 17.3 Å². The normalized spacial score (nSPS) is 28.8. The van der Waals surface area contributed by atoms with Gasteiger partial charge in [0.15, 0.2) is 0 Å². The van der Waals surface area contributed by atoms with E-state index in [-0.39, 0.29) is 50.2 Å². The van der Waals surface area contributed by atoms with Crippen LogP contribution in [-0.4, -0.2) is 42.2 Å². The van der Waals surface area contributed by atoms with E-state index in [2.05, 4.69) is 79.7 Å². The van der Waals surface area contributed by atoms with Crippen molar-refractivity contribution in [3.8, 4) is 0 Å². The first-order chi connectivity index (χ1) is 17.2. The van der Waals surface area contributed by atoms with Gasteiger partial charge in [-0.25, -0.2) is 0 Å². The maximum absolute atomic E-state index is 9.75. The minimum atomic E-state index is -6.00. The first-order valence-corrected chi connectivity index (χ1v) is 18.8. The molecule has 0 N–H and O–H groups in total. The molecule has 2 aliphatic heterocycles. The van der Waals surface area contributed by atoms with Crippen LogP contribution < -0.4 is 0 Å². The third-order valence-corrected chi connectivity index (χ3v) is 18.5. The molecule has 0 saturated carbocycles. The van der Waals surface area contributed by atoms with Gasteiger partial charge in [-0.1, -0.05) is 79.7 Å². The van der Waals surface area contributed by atoms with Gasteiger partial charge >= 0.3 is 26.7 Å². The summed E-state index contributed by atoms with van der Waals surface area (Å²) in [6, 6.07) is 0. The summed E-state index contributed by atoms with van der Waals surface area (Å²) in [5.41, 5.74) is 4.45. The van der Waals surface area contributed by atoms with E-state index in [4.69, 9.17) is 0 Å². The second-order valence-corrected chi connectivity index (χ2v) is 19.1. The minimum absolute atomic E-state index is 0. The zero-order valence-corrected chi connectivity index (χ0v) is 31.1. The molecule has 2 saturated heterocycles. The van der Waals surface area contributed by atoms with E-state index in [0.29, 0.717) is 0 Å². The molecule has 2 heterocycles. The van der Waals surface area contributed by atoms with Crippen LogP contribution in [0, 0.1) is 38.5 Å².